The van der Waals surface area contributed by atoms with E-state index in [-0.39, 0.29) is 16.7 Å². The summed E-state index contributed by atoms with van der Waals surface area (Å²) in [5.74, 6) is 0.844. The fourth-order valence-corrected chi connectivity index (χ4v) is 2.99. The molecule has 4 heteroatoms. The molecular formula is C16H24N2O2. The number of non-ortho nitro benzene ring substituents is 1. The van der Waals surface area contributed by atoms with Crippen molar-refractivity contribution in [3.05, 3.63) is 39.9 Å². The van der Waals surface area contributed by atoms with Gasteiger partial charge in [-0.15, -0.1) is 0 Å². The van der Waals surface area contributed by atoms with Gasteiger partial charge in [0, 0.05) is 24.2 Å². The molecule has 1 N–H and O–H groups in total. The minimum absolute atomic E-state index is 0.157. The molecule has 4 nitrogen and oxygen atoms in total. The predicted octanol–water partition coefficient (Wildman–Crippen LogP) is 4.21. The number of benzene rings is 1. The van der Waals surface area contributed by atoms with Gasteiger partial charge in [-0.05, 0) is 37.7 Å². The third-order valence-electron chi connectivity index (χ3n) is 4.35. The van der Waals surface area contributed by atoms with Crippen molar-refractivity contribution in [2.24, 2.45) is 5.92 Å². The minimum Gasteiger partial charge on any atom is -0.307 e. The fraction of sp³-hybridized carbons (Fsp3) is 0.625. The third kappa shape index (κ3) is 4.04. The van der Waals surface area contributed by atoms with Crippen molar-refractivity contribution in [1.29, 1.82) is 0 Å². The number of nitrogens with one attached hydrogen (secondary N) is 1. The van der Waals surface area contributed by atoms with E-state index in [0.29, 0.717) is 6.04 Å². The normalized spacial score (nSPS) is 24.9. The van der Waals surface area contributed by atoms with Crippen LogP contribution in [0.5, 0.6) is 0 Å². The van der Waals surface area contributed by atoms with Gasteiger partial charge in [-0.1, -0.05) is 31.9 Å². The molecule has 0 amide bonds. The SMILES string of the molecule is CC1CCCC(NC(C)c2ccc([N+](=O)[O-])cc2)CC1. The number of hydrogen-bond donors (Lipinski definition) is 1. The van der Waals surface area contributed by atoms with E-state index in [1.165, 1.54) is 32.1 Å². The van der Waals surface area contributed by atoms with Gasteiger partial charge in [0.1, 0.15) is 0 Å². The van der Waals surface area contributed by atoms with Gasteiger partial charge in [-0.3, -0.25) is 10.1 Å². The molecule has 3 atom stereocenters. The lowest BCUT2D eigenvalue weighted by atomic mass is 10.0. The summed E-state index contributed by atoms with van der Waals surface area (Å²) in [5.41, 5.74) is 1.28. The second kappa shape index (κ2) is 6.84. The van der Waals surface area contributed by atoms with Gasteiger partial charge in [0.15, 0.2) is 0 Å². The van der Waals surface area contributed by atoms with Crippen LogP contribution in [0.2, 0.25) is 0 Å². The summed E-state index contributed by atoms with van der Waals surface area (Å²) in [6, 6.07) is 7.70. The standard InChI is InChI=1S/C16H24N2O2/c1-12-4-3-5-15(9-6-12)17-13(2)14-7-10-16(11-8-14)18(19)20/h7-8,10-13,15,17H,3-6,9H2,1-2H3. The van der Waals surface area contributed by atoms with E-state index in [2.05, 4.69) is 19.2 Å². The Morgan fingerprint density at radius 1 is 1.20 bits per heavy atom. The number of rotatable bonds is 4. The van der Waals surface area contributed by atoms with Gasteiger partial charge in [0.05, 0.1) is 4.92 Å². The van der Waals surface area contributed by atoms with E-state index in [9.17, 15) is 10.1 Å². The van der Waals surface area contributed by atoms with Crippen LogP contribution in [0, 0.1) is 16.0 Å². The summed E-state index contributed by atoms with van der Waals surface area (Å²) in [7, 11) is 0. The van der Waals surface area contributed by atoms with Gasteiger partial charge >= 0.3 is 0 Å². The number of nitrogens with zero attached hydrogens (tertiary/aromatic N) is 1. The topological polar surface area (TPSA) is 55.2 Å². The number of nitro benzene ring substituents is 1. The largest absolute Gasteiger partial charge is 0.307 e. The van der Waals surface area contributed by atoms with Crippen LogP contribution >= 0.6 is 0 Å². The summed E-state index contributed by atoms with van der Waals surface area (Å²) in [6.07, 6.45) is 6.40. The Labute approximate surface area is 120 Å². The zero-order valence-corrected chi connectivity index (χ0v) is 12.3. The molecule has 1 aromatic carbocycles. The van der Waals surface area contributed by atoms with Crippen LogP contribution in [-0.2, 0) is 0 Å². The molecular weight excluding hydrogens is 252 g/mol. The highest BCUT2D eigenvalue weighted by Crippen LogP contribution is 2.25. The lowest BCUT2D eigenvalue weighted by Gasteiger charge is -2.22. The molecule has 3 unspecified atom stereocenters. The molecule has 110 valence electrons. The van der Waals surface area contributed by atoms with E-state index in [4.69, 9.17) is 0 Å². The molecule has 20 heavy (non-hydrogen) atoms. The molecule has 0 radical (unpaired) electrons. The maximum Gasteiger partial charge on any atom is 0.269 e. The van der Waals surface area contributed by atoms with E-state index in [1.54, 1.807) is 12.1 Å². The Morgan fingerprint density at radius 3 is 2.55 bits per heavy atom. The van der Waals surface area contributed by atoms with Crippen molar-refractivity contribution in [2.75, 3.05) is 0 Å². The highest BCUT2D eigenvalue weighted by molar-refractivity contribution is 5.34. The molecule has 0 heterocycles. The number of hydrogen-bond acceptors (Lipinski definition) is 3. The molecule has 2 rings (SSSR count). The van der Waals surface area contributed by atoms with E-state index >= 15 is 0 Å². The first kappa shape index (κ1) is 15.0. The Hall–Kier alpha value is -1.42. The summed E-state index contributed by atoms with van der Waals surface area (Å²) in [5, 5.41) is 14.3. The molecule has 0 aliphatic heterocycles. The van der Waals surface area contributed by atoms with Gasteiger partial charge in [0.25, 0.3) is 5.69 Å². The molecule has 0 aromatic heterocycles. The highest BCUT2D eigenvalue weighted by Gasteiger charge is 2.18. The lowest BCUT2D eigenvalue weighted by molar-refractivity contribution is -0.384. The van der Waals surface area contributed by atoms with Crippen LogP contribution in [0.4, 0.5) is 5.69 Å². The van der Waals surface area contributed by atoms with Crippen LogP contribution in [0.15, 0.2) is 24.3 Å². The van der Waals surface area contributed by atoms with Crippen molar-refractivity contribution in [3.63, 3.8) is 0 Å². The Balaban J connectivity index is 1.93. The molecule has 1 aliphatic rings. The Kier molecular flexibility index (Phi) is 5.12. The lowest BCUT2D eigenvalue weighted by Crippen LogP contribution is -2.31. The molecule has 0 spiro atoms. The van der Waals surface area contributed by atoms with Crippen molar-refractivity contribution >= 4 is 5.69 Å². The Bertz CT molecular complexity index is 444. The van der Waals surface area contributed by atoms with Gasteiger partial charge in [-0.25, -0.2) is 0 Å². The summed E-state index contributed by atoms with van der Waals surface area (Å²) in [6.45, 7) is 4.47. The predicted molar refractivity (Wildman–Crippen MR) is 80.7 cm³/mol. The third-order valence-corrected chi connectivity index (χ3v) is 4.35. The average molecular weight is 276 g/mol. The molecule has 1 aliphatic carbocycles. The van der Waals surface area contributed by atoms with Crippen molar-refractivity contribution in [3.8, 4) is 0 Å². The van der Waals surface area contributed by atoms with Crippen LogP contribution in [0.3, 0.4) is 0 Å². The van der Waals surface area contributed by atoms with E-state index < -0.39 is 0 Å². The Morgan fingerprint density at radius 2 is 1.90 bits per heavy atom. The summed E-state index contributed by atoms with van der Waals surface area (Å²) < 4.78 is 0. The maximum atomic E-state index is 10.7. The molecule has 1 aromatic rings. The quantitative estimate of drug-likeness (QED) is 0.509. The number of nitro groups is 1. The first-order valence-corrected chi connectivity index (χ1v) is 7.56. The fourth-order valence-electron chi connectivity index (χ4n) is 2.99. The smallest absolute Gasteiger partial charge is 0.269 e. The second-order valence-corrected chi connectivity index (χ2v) is 6.05. The minimum atomic E-state index is -0.353. The van der Waals surface area contributed by atoms with E-state index in [1.807, 2.05) is 12.1 Å². The van der Waals surface area contributed by atoms with Crippen LogP contribution in [0.25, 0.3) is 0 Å². The van der Waals surface area contributed by atoms with Crippen molar-refractivity contribution < 1.29 is 4.92 Å². The van der Waals surface area contributed by atoms with Gasteiger partial charge < -0.3 is 5.32 Å². The highest BCUT2D eigenvalue weighted by atomic mass is 16.6. The second-order valence-electron chi connectivity index (χ2n) is 6.05. The van der Waals surface area contributed by atoms with Gasteiger partial charge in [0.2, 0.25) is 0 Å². The molecule has 1 fully saturated rings. The monoisotopic (exact) mass is 276 g/mol. The van der Waals surface area contributed by atoms with Crippen molar-refractivity contribution in [2.45, 2.75) is 58.0 Å². The molecule has 0 saturated heterocycles. The molecule has 0 bridgehead atoms. The molecule has 1 saturated carbocycles. The van der Waals surface area contributed by atoms with Crippen LogP contribution in [-0.4, -0.2) is 11.0 Å². The maximum absolute atomic E-state index is 10.7. The summed E-state index contributed by atoms with van der Waals surface area (Å²) >= 11 is 0. The first-order chi connectivity index (χ1) is 9.56. The zero-order valence-electron chi connectivity index (χ0n) is 12.3. The van der Waals surface area contributed by atoms with Crippen LogP contribution in [0.1, 0.15) is 57.6 Å². The zero-order chi connectivity index (χ0) is 14.5. The first-order valence-electron chi connectivity index (χ1n) is 7.56. The van der Waals surface area contributed by atoms with Gasteiger partial charge in [-0.2, -0.15) is 0 Å². The van der Waals surface area contributed by atoms with Crippen molar-refractivity contribution in [1.82, 2.24) is 5.32 Å². The van der Waals surface area contributed by atoms with Crippen LogP contribution < -0.4 is 5.32 Å². The van der Waals surface area contributed by atoms with E-state index in [0.717, 1.165) is 11.5 Å². The average Bonchev–Trinajstić information content (AvgIpc) is 2.64. The summed E-state index contributed by atoms with van der Waals surface area (Å²) in [4.78, 5) is 10.3.